The van der Waals surface area contributed by atoms with Crippen molar-refractivity contribution in [3.05, 3.63) is 63.6 Å². The molecule has 0 saturated carbocycles. The Hall–Kier alpha value is -2.34. The lowest BCUT2D eigenvalue weighted by molar-refractivity contribution is -0.134. The van der Waals surface area contributed by atoms with E-state index in [1.807, 2.05) is 56.3 Å². The first-order chi connectivity index (χ1) is 13.3. The highest BCUT2D eigenvalue weighted by atomic mass is 79.9. The van der Waals surface area contributed by atoms with Crippen LogP contribution in [0.2, 0.25) is 0 Å². The zero-order chi connectivity index (χ0) is 20.3. The number of hydrogen-bond acceptors (Lipinski definition) is 2. The van der Waals surface area contributed by atoms with E-state index in [9.17, 15) is 9.59 Å². The van der Waals surface area contributed by atoms with Crippen molar-refractivity contribution in [2.75, 3.05) is 18.9 Å². The molecule has 0 aromatic heterocycles. The summed E-state index contributed by atoms with van der Waals surface area (Å²) in [5, 5.41) is 2.93. The van der Waals surface area contributed by atoms with E-state index >= 15 is 0 Å². The molecule has 0 spiro atoms. The average molecular weight is 444 g/mol. The number of amides is 3. The quantitative estimate of drug-likeness (QED) is 0.742. The molecule has 3 amide bonds. The molecule has 0 aliphatic carbocycles. The molecule has 0 unspecified atom stereocenters. The summed E-state index contributed by atoms with van der Waals surface area (Å²) < 4.78 is 0.998. The molecule has 5 nitrogen and oxygen atoms in total. The molecule has 1 N–H and O–H groups in total. The summed E-state index contributed by atoms with van der Waals surface area (Å²) in [4.78, 5) is 29.1. The van der Waals surface area contributed by atoms with E-state index in [0.717, 1.165) is 27.7 Å². The first kappa shape index (κ1) is 20.4. The normalized spacial score (nSPS) is 16.1. The summed E-state index contributed by atoms with van der Waals surface area (Å²) in [5.41, 5.74) is 4.06. The van der Waals surface area contributed by atoms with E-state index in [-0.39, 0.29) is 11.9 Å². The molecule has 1 aliphatic rings. The molecule has 6 heteroatoms. The van der Waals surface area contributed by atoms with Gasteiger partial charge in [0.15, 0.2) is 0 Å². The standard InChI is InChI=1S/C22H26BrN3O2/c1-15-6-8-17(9-7-15)14-25(3)21(27)20-5-4-12-26(20)22(28)24-18-10-11-19(23)16(2)13-18/h6-11,13,20H,4-5,12,14H2,1-3H3,(H,24,28)/t20-/m1/s1. The lowest BCUT2D eigenvalue weighted by atomic mass is 10.1. The van der Waals surface area contributed by atoms with Crippen molar-refractivity contribution in [1.82, 2.24) is 9.80 Å². The summed E-state index contributed by atoms with van der Waals surface area (Å²) in [6.45, 7) is 5.15. The topological polar surface area (TPSA) is 52.7 Å². The number of rotatable bonds is 4. The molecule has 1 atom stereocenters. The van der Waals surface area contributed by atoms with Crippen molar-refractivity contribution in [1.29, 1.82) is 0 Å². The number of anilines is 1. The second kappa shape index (κ2) is 8.78. The summed E-state index contributed by atoms with van der Waals surface area (Å²) in [6.07, 6.45) is 1.53. The van der Waals surface area contributed by atoms with Gasteiger partial charge in [0.25, 0.3) is 0 Å². The number of aryl methyl sites for hydroxylation is 2. The molecular weight excluding hydrogens is 418 g/mol. The van der Waals surface area contributed by atoms with Crippen LogP contribution in [0.1, 0.15) is 29.5 Å². The zero-order valence-corrected chi connectivity index (χ0v) is 18.1. The van der Waals surface area contributed by atoms with E-state index in [2.05, 4.69) is 21.2 Å². The maximum atomic E-state index is 13.0. The van der Waals surface area contributed by atoms with E-state index in [1.165, 1.54) is 5.56 Å². The van der Waals surface area contributed by atoms with Gasteiger partial charge in [-0.05, 0) is 56.0 Å². The fraction of sp³-hybridized carbons (Fsp3) is 0.364. The number of likely N-dealkylation sites (N-methyl/N-ethyl adjacent to an activating group) is 1. The highest BCUT2D eigenvalue weighted by Crippen LogP contribution is 2.23. The summed E-state index contributed by atoms with van der Waals surface area (Å²) in [7, 11) is 1.80. The van der Waals surface area contributed by atoms with Gasteiger partial charge in [-0.2, -0.15) is 0 Å². The maximum absolute atomic E-state index is 13.0. The van der Waals surface area contributed by atoms with Crippen LogP contribution in [0, 0.1) is 13.8 Å². The summed E-state index contributed by atoms with van der Waals surface area (Å²) in [6, 6.07) is 13.2. The third-order valence-electron chi connectivity index (χ3n) is 5.12. The Balaban J connectivity index is 1.65. The molecule has 2 aromatic carbocycles. The van der Waals surface area contributed by atoms with Gasteiger partial charge >= 0.3 is 6.03 Å². The minimum absolute atomic E-state index is 0.0137. The average Bonchev–Trinajstić information content (AvgIpc) is 3.16. The van der Waals surface area contributed by atoms with E-state index in [0.29, 0.717) is 19.5 Å². The van der Waals surface area contributed by atoms with Crippen LogP contribution in [0.3, 0.4) is 0 Å². The van der Waals surface area contributed by atoms with Crippen molar-refractivity contribution >= 4 is 33.6 Å². The molecule has 2 aromatic rings. The maximum Gasteiger partial charge on any atom is 0.322 e. The van der Waals surface area contributed by atoms with Crippen LogP contribution in [0.4, 0.5) is 10.5 Å². The molecule has 1 fully saturated rings. The van der Waals surface area contributed by atoms with Crippen LogP contribution in [0.25, 0.3) is 0 Å². The summed E-state index contributed by atoms with van der Waals surface area (Å²) >= 11 is 3.46. The van der Waals surface area contributed by atoms with Gasteiger partial charge < -0.3 is 15.1 Å². The van der Waals surface area contributed by atoms with Crippen molar-refractivity contribution in [2.45, 2.75) is 39.3 Å². The van der Waals surface area contributed by atoms with E-state index in [1.54, 1.807) is 16.8 Å². The number of nitrogens with one attached hydrogen (secondary N) is 1. The van der Waals surface area contributed by atoms with Gasteiger partial charge in [0, 0.05) is 30.3 Å². The lowest BCUT2D eigenvalue weighted by Gasteiger charge is -2.28. The molecule has 0 bridgehead atoms. The molecule has 0 radical (unpaired) electrons. The van der Waals surface area contributed by atoms with Gasteiger partial charge in [-0.3, -0.25) is 4.79 Å². The Morgan fingerprint density at radius 2 is 1.89 bits per heavy atom. The molecule has 1 saturated heterocycles. The highest BCUT2D eigenvalue weighted by molar-refractivity contribution is 9.10. The van der Waals surface area contributed by atoms with E-state index < -0.39 is 6.04 Å². The first-order valence-electron chi connectivity index (χ1n) is 9.49. The molecule has 1 heterocycles. The first-order valence-corrected chi connectivity index (χ1v) is 10.3. The smallest absolute Gasteiger partial charge is 0.322 e. The number of urea groups is 1. The van der Waals surface area contributed by atoms with Crippen LogP contribution in [-0.4, -0.2) is 41.4 Å². The van der Waals surface area contributed by atoms with Crippen molar-refractivity contribution < 1.29 is 9.59 Å². The number of likely N-dealkylation sites (tertiary alicyclic amines) is 1. The Morgan fingerprint density at radius 1 is 1.18 bits per heavy atom. The monoisotopic (exact) mass is 443 g/mol. The fourth-order valence-corrected chi connectivity index (χ4v) is 3.73. The van der Waals surface area contributed by atoms with Crippen LogP contribution in [-0.2, 0) is 11.3 Å². The minimum atomic E-state index is -0.410. The number of hydrogen-bond donors (Lipinski definition) is 1. The molecule has 3 rings (SSSR count). The molecule has 28 heavy (non-hydrogen) atoms. The predicted molar refractivity (Wildman–Crippen MR) is 115 cm³/mol. The minimum Gasteiger partial charge on any atom is -0.340 e. The number of halogens is 1. The van der Waals surface area contributed by atoms with Gasteiger partial charge in [-0.25, -0.2) is 4.79 Å². The van der Waals surface area contributed by atoms with Crippen LogP contribution in [0.5, 0.6) is 0 Å². The van der Waals surface area contributed by atoms with Crippen molar-refractivity contribution in [3.8, 4) is 0 Å². The third-order valence-corrected chi connectivity index (χ3v) is 6.01. The SMILES string of the molecule is Cc1ccc(CN(C)C(=O)[C@H]2CCCN2C(=O)Nc2ccc(Br)c(C)c2)cc1. The summed E-state index contributed by atoms with van der Waals surface area (Å²) in [5.74, 6) is -0.0137. The van der Waals surface area contributed by atoms with Crippen LogP contribution >= 0.6 is 15.9 Å². The fourth-order valence-electron chi connectivity index (χ4n) is 3.48. The van der Waals surface area contributed by atoms with Gasteiger partial charge in [0.2, 0.25) is 5.91 Å². The van der Waals surface area contributed by atoms with Gasteiger partial charge in [-0.15, -0.1) is 0 Å². The lowest BCUT2D eigenvalue weighted by Crippen LogP contribution is -2.47. The second-order valence-electron chi connectivity index (χ2n) is 7.43. The van der Waals surface area contributed by atoms with Crippen molar-refractivity contribution in [2.24, 2.45) is 0 Å². The third kappa shape index (κ3) is 4.73. The Morgan fingerprint density at radius 3 is 2.57 bits per heavy atom. The number of benzene rings is 2. The van der Waals surface area contributed by atoms with Crippen molar-refractivity contribution in [3.63, 3.8) is 0 Å². The van der Waals surface area contributed by atoms with E-state index in [4.69, 9.17) is 0 Å². The molecule has 1 aliphatic heterocycles. The Bertz CT molecular complexity index is 867. The zero-order valence-electron chi connectivity index (χ0n) is 16.5. The predicted octanol–water partition coefficient (Wildman–Crippen LogP) is 4.72. The van der Waals surface area contributed by atoms with Crippen LogP contribution < -0.4 is 5.32 Å². The second-order valence-corrected chi connectivity index (χ2v) is 8.28. The highest BCUT2D eigenvalue weighted by Gasteiger charge is 2.35. The largest absolute Gasteiger partial charge is 0.340 e. The number of nitrogens with zero attached hydrogens (tertiary/aromatic N) is 2. The number of carbonyl (C=O) groups is 2. The Labute approximate surface area is 174 Å². The van der Waals surface area contributed by atoms with Gasteiger partial charge in [0.05, 0.1) is 0 Å². The molecule has 148 valence electrons. The van der Waals surface area contributed by atoms with Gasteiger partial charge in [-0.1, -0.05) is 45.8 Å². The Kier molecular flexibility index (Phi) is 6.39. The van der Waals surface area contributed by atoms with Crippen LogP contribution in [0.15, 0.2) is 46.9 Å². The molecular formula is C22H26BrN3O2. The number of carbonyl (C=O) groups excluding carboxylic acids is 2. The van der Waals surface area contributed by atoms with Gasteiger partial charge in [0.1, 0.15) is 6.04 Å².